The third-order valence-corrected chi connectivity index (χ3v) is 3.72. The Bertz CT molecular complexity index is 501. The summed E-state index contributed by atoms with van der Waals surface area (Å²) in [6, 6.07) is 9.30. The smallest absolute Gasteiger partial charge is 0.242 e. The number of carbonyl (C=O) groups excluding carboxylic acids is 1. The Morgan fingerprint density at radius 3 is 2.80 bits per heavy atom. The van der Waals surface area contributed by atoms with Gasteiger partial charge in [-0.15, -0.1) is 0 Å². The lowest BCUT2D eigenvalue weighted by Gasteiger charge is -2.25. The lowest BCUT2D eigenvalue weighted by Crippen LogP contribution is -2.44. The summed E-state index contributed by atoms with van der Waals surface area (Å²) in [4.78, 5) is 12.1. The van der Waals surface area contributed by atoms with Gasteiger partial charge in [0, 0.05) is 11.7 Å². The molecule has 1 saturated carbocycles. The predicted molar refractivity (Wildman–Crippen MR) is 79.3 cm³/mol. The van der Waals surface area contributed by atoms with E-state index in [1.807, 2.05) is 19.1 Å². The van der Waals surface area contributed by atoms with Crippen molar-refractivity contribution in [2.24, 2.45) is 0 Å². The van der Waals surface area contributed by atoms with E-state index in [0.29, 0.717) is 11.6 Å². The topological polar surface area (TPSA) is 64.9 Å². The molecule has 0 saturated heterocycles. The van der Waals surface area contributed by atoms with Crippen molar-refractivity contribution in [3.63, 3.8) is 0 Å². The number of nitrogens with zero attached hydrogens (tertiary/aromatic N) is 1. The molecule has 1 aliphatic carbocycles. The van der Waals surface area contributed by atoms with Crippen molar-refractivity contribution in [2.75, 3.05) is 5.32 Å². The zero-order valence-electron chi connectivity index (χ0n) is 11.9. The van der Waals surface area contributed by atoms with Crippen LogP contribution in [0.2, 0.25) is 0 Å². The maximum Gasteiger partial charge on any atom is 0.242 e. The Balaban J connectivity index is 1.88. The first-order chi connectivity index (χ1) is 9.69. The largest absolute Gasteiger partial charge is 0.374 e. The normalized spacial score (nSPS) is 17.0. The Kier molecular flexibility index (Phi) is 5.00. The van der Waals surface area contributed by atoms with Gasteiger partial charge in [-0.1, -0.05) is 25.3 Å². The molecule has 0 spiro atoms. The van der Waals surface area contributed by atoms with Gasteiger partial charge >= 0.3 is 0 Å². The summed E-state index contributed by atoms with van der Waals surface area (Å²) in [5.41, 5.74) is 1.39. The summed E-state index contributed by atoms with van der Waals surface area (Å²) in [5.74, 6) is 0.0271. The average Bonchev–Trinajstić information content (AvgIpc) is 2.48. The number of hydrogen-bond donors (Lipinski definition) is 2. The van der Waals surface area contributed by atoms with E-state index in [2.05, 4.69) is 16.7 Å². The molecule has 1 aromatic carbocycles. The molecule has 4 nitrogen and oxygen atoms in total. The molecule has 1 aromatic rings. The van der Waals surface area contributed by atoms with Gasteiger partial charge in [0.15, 0.2) is 0 Å². The Morgan fingerprint density at radius 2 is 2.10 bits per heavy atom. The van der Waals surface area contributed by atoms with Crippen LogP contribution in [0, 0.1) is 11.3 Å². The van der Waals surface area contributed by atoms with Crippen LogP contribution in [0.25, 0.3) is 0 Å². The highest BCUT2D eigenvalue weighted by atomic mass is 16.2. The Morgan fingerprint density at radius 1 is 1.35 bits per heavy atom. The molecule has 0 radical (unpaired) electrons. The lowest BCUT2D eigenvalue weighted by molar-refractivity contribution is -0.122. The number of anilines is 1. The van der Waals surface area contributed by atoms with Crippen LogP contribution in [0.15, 0.2) is 24.3 Å². The van der Waals surface area contributed by atoms with Crippen molar-refractivity contribution in [2.45, 2.75) is 51.1 Å². The minimum atomic E-state index is -0.300. The highest BCUT2D eigenvalue weighted by molar-refractivity contribution is 5.84. The molecular weight excluding hydrogens is 250 g/mol. The fourth-order valence-corrected chi connectivity index (χ4v) is 2.57. The van der Waals surface area contributed by atoms with Gasteiger partial charge in [0.1, 0.15) is 6.04 Å². The van der Waals surface area contributed by atoms with Crippen molar-refractivity contribution in [1.82, 2.24) is 5.32 Å². The summed E-state index contributed by atoms with van der Waals surface area (Å²) >= 11 is 0. The molecule has 0 heterocycles. The summed E-state index contributed by atoms with van der Waals surface area (Å²) in [6.45, 7) is 1.84. The maximum absolute atomic E-state index is 12.1. The fourth-order valence-electron chi connectivity index (χ4n) is 2.57. The number of nitrogens with one attached hydrogen (secondary N) is 2. The molecule has 0 aliphatic heterocycles. The van der Waals surface area contributed by atoms with E-state index in [1.54, 1.807) is 12.1 Å². The van der Waals surface area contributed by atoms with Gasteiger partial charge in [0.05, 0.1) is 11.6 Å². The Labute approximate surface area is 120 Å². The number of hydrogen-bond acceptors (Lipinski definition) is 3. The van der Waals surface area contributed by atoms with Crippen LogP contribution in [-0.2, 0) is 4.79 Å². The third kappa shape index (κ3) is 3.99. The molecule has 2 N–H and O–H groups in total. The van der Waals surface area contributed by atoms with Crippen LogP contribution in [0.4, 0.5) is 5.69 Å². The molecule has 1 fully saturated rings. The fraction of sp³-hybridized carbons (Fsp3) is 0.500. The van der Waals surface area contributed by atoms with Crippen LogP contribution in [-0.4, -0.2) is 18.0 Å². The quantitative estimate of drug-likeness (QED) is 0.885. The van der Waals surface area contributed by atoms with Gasteiger partial charge in [-0.25, -0.2) is 0 Å². The van der Waals surface area contributed by atoms with Gasteiger partial charge in [0.25, 0.3) is 0 Å². The molecule has 20 heavy (non-hydrogen) atoms. The highest BCUT2D eigenvalue weighted by Crippen LogP contribution is 2.17. The summed E-state index contributed by atoms with van der Waals surface area (Å²) in [6.07, 6.45) is 5.86. The molecule has 1 amide bonds. The van der Waals surface area contributed by atoms with E-state index in [9.17, 15) is 4.79 Å². The second-order valence-corrected chi connectivity index (χ2v) is 5.40. The first kappa shape index (κ1) is 14.4. The van der Waals surface area contributed by atoms with Crippen LogP contribution in [0.5, 0.6) is 0 Å². The summed E-state index contributed by atoms with van der Waals surface area (Å²) < 4.78 is 0. The SMILES string of the molecule is CC(Nc1cccc(C#N)c1)C(=O)NC1CCCCC1. The second kappa shape index (κ2) is 6.95. The monoisotopic (exact) mass is 271 g/mol. The van der Waals surface area contributed by atoms with E-state index in [-0.39, 0.29) is 11.9 Å². The first-order valence-electron chi connectivity index (χ1n) is 7.26. The first-order valence-corrected chi connectivity index (χ1v) is 7.26. The summed E-state index contributed by atoms with van der Waals surface area (Å²) in [7, 11) is 0. The number of nitriles is 1. The van der Waals surface area contributed by atoms with Gasteiger partial charge in [-0.3, -0.25) is 4.79 Å². The van der Waals surface area contributed by atoms with E-state index >= 15 is 0 Å². The van der Waals surface area contributed by atoms with Crippen molar-refractivity contribution in [3.05, 3.63) is 29.8 Å². The molecule has 0 bridgehead atoms. The molecule has 1 unspecified atom stereocenters. The van der Waals surface area contributed by atoms with Gasteiger partial charge in [-0.05, 0) is 38.0 Å². The van der Waals surface area contributed by atoms with Crippen molar-refractivity contribution < 1.29 is 4.79 Å². The maximum atomic E-state index is 12.1. The number of rotatable bonds is 4. The standard InChI is InChI=1S/C16H21N3O/c1-12(16(20)19-14-7-3-2-4-8-14)18-15-9-5-6-13(10-15)11-17/h5-6,9-10,12,14,18H,2-4,7-8H2,1H3,(H,19,20). The van der Waals surface area contributed by atoms with E-state index in [4.69, 9.17) is 5.26 Å². The van der Waals surface area contributed by atoms with Gasteiger partial charge < -0.3 is 10.6 Å². The lowest BCUT2D eigenvalue weighted by atomic mass is 9.95. The minimum absolute atomic E-state index is 0.0271. The zero-order chi connectivity index (χ0) is 14.4. The van der Waals surface area contributed by atoms with Crippen LogP contribution < -0.4 is 10.6 Å². The minimum Gasteiger partial charge on any atom is -0.374 e. The molecule has 106 valence electrons. The van der Waals surface area contributed by atoms with Crippen molar-refractivity contribution >= 4 is 11.6 Å². The molecule has 0 aromatic heterocycles. The van der Waals surface area contributed by atoms with E-state index in [0.717, 1.165) is 18.5 Å². The third-order valence-electron chi connectivity index (χ3n) is 3.72. The molecule has 1 aliphatic rings. The number of benzene rings is 1. The van der Waals surface area contributed by atoms with E-state index < -0.39 is 0 Å². The van der Waals surface area contributed by atoms with Crippen LogP contribution >= 0.6 is 0 Å². The molecule has 2 rings (SSSR count). The predicted octanol–water partition coefficient (Wildman–Crippen LogP) is 2.81. The number of amides is 1. The highest BCUT2D eigenvalue weighted by Gasteiger charge is 2.19. The second-order valence-electron chi connectivity index (χ2n) is 5.40. The van der Waals surface area contributed by atoms with Crippen LogP contribution in [0.3, 0.4) is 0 Å². The Hall–Kier alpha value is -2.02. The molecular formula is C16H21N3O. The average molecular weight is 271 g/mol. The molecule has 4 heteroatoms. The van der Waals surface area contributed by atoms with Crippen molar-refractivity contribution in [1.29, 1.82) is 5.26 Å². The number of carbonyl (C=O) groups is 1. The zero-order valence-corrected chi connectivity index (χ0v) is 11.9. The molecule has 1 atom stereocenters. The van der Waals surface area contributed by atoms with Gasteiger partial charge in [0.2, 0.25) is 5.91 Å². The van der Waals surface area contributed by atoms with Crippen molar-refractivity contribution in [3.8, 4) is 6.07 Å². The van der Waals surface area contributed by atoms with E-state index in [1.165, 1.54) is 19.3 Å². The summed E-state index contributed by atoms with van der Waals surface area (Å²) in [5, 5.41) is 15.1. The van der Waals surface area contributed by atoms with Gasteiger partial charge in [-0.2, -0.15) is 5.26 Å². The van der Waals surface area contributed by atoms with Crippen LogP contribution in [0.1, 0.15) is 44.6 Å².